The topological polar surface area (TPSA) is 99.0 Å². The molecule has 6 heteroatoms. The van der Waals surface area contributed by atoms with Gasteiger partial charge < -0.3 is 25.4 Å². The van der Waals surface area contributed by atoms with Crippen LogP contribution in [0.25, 0.3) is 0 Å². The third-order valence-corrected chi connectivity index (χ3v) is 2.37. The van der Waals surface area contributed by atoms with Gasteiger partial charge in [0.15, 0.2) is 0 Å². The van der Waals surface area contributed by atoms with Gasteiger partial charge in [0, 0.05) is 6.54 Å². The van der Waals surface area contributed by atoms with E-state index in [-0.39, 0.29) is 24.5 Å². The molecular weight excluding hydrogens is 262 g/mol. The molecule has 0 aliphatic carbocycles. The zero-order chi connectivity index (χ0) is 15.3. The third kappa shape index (κ3) is 5.07. The summed E-state index contributed by atoms with van der Waals surface area (Å²) in [7, 11) is 0. The van der Waals surface area contributed by atoms with Crippen molar-refractivity contribution < 1.29 is 24.9 Å². The Bertz CT molecular complexity index is 467. The summed E-state index contributed by atoms with van der Waals surface area (Å²) >= 11 is 0. The molecule has 1 aromatic carbocycles. The van der Waals surface area contributed by atoms with Crippen LogP contribution in [0.1, 0.15) is 31.1 Å². The number of phenolic OH excluding ortho intramolecular Hbond substituents is 1. The summed E-state index contributed by atoms with van der Waals surface area (Å²) < 4.78 is 5.19. The van der Waals surface area contributed by atoms with Gasteiger partial charge in [0.25, 0.3) is 0 Å². The predicted molar refractivity (Wildman–Crippen MR) is 74.9 cm³/mol. The third-order valence-electron chi connectivity index (χ3n) is 2.37. The molecule has 0 aromatic heterocycles. The molecule has 1 unspecified atom stereocenters. The van der Waals surface area contributed by atoms with Crippen LogP contribution in [-0.4, -0.2) is 46.1 Å². The minimum atomic E-state index is -0.917. The number of phenols is 1. The molecule has 0 bridgehead atoms. The van der Waals surface area contributed by atoms with Gasteiger partial charge >= 0.3 is 5.97 Å². The zero-order valence-corrected chi connectivity index (χ0v) is 11.9. The first-order chi connectivity index (χ1) is 9.23. The Morgan fingerprint density at radius 3 is 2.55 bits per heavy atom. The summed E-state index contributed by atoms with van der Waals surface area (Å²) in [6.07, 6.45) is -0.917. The second kappa shape index (κ2) is 6.58. The van der Waals surface area contributed by atoms with Gasteiger partial charge in [0.1, 0.15) is 11.4 Å². The molecule has 0 saturated heterocycles. The van der Waals surface area contributed by atoms with E-state index in [4.69, 9.17) is 9.84 Å². The number of nitrogens with one attached hydrogen (secondary N) is 1. The van der Waals surface area contributed by atoms with Gasteiger partial charge in [-0.3, -0.25) is 0 Å². The maximum atomic E-state index is 11.8. The normalized spacial score (nSPS) is 12.8. The van der Waals surface area contributed by atoms with Crippen molar-refractivity contribution in [3.63, 3.8) is 0 Å². The minimum Gasteiger partial charge on any atom is -0.506 e. The Kier molecular flexibility index (Phi) is 5.35. The standard InChI is InChI=1S/C14H21NO5/c1-14(2,3)20-13(19)9-4-5-11(12(18)6-9)15-7-10(17)8-16/h4-6,10,15-18H,7-8H2,1-3H3. The van der Waals surface area contributed by atoms with Crippen molar-refractivity contribution in [3.05, 3.63) is 23.8 Å². The van der Waals surface area contributed by atoms with Crippen LogP contribution < -0.4 is 5.32 Å². The van der Waals surface area contributed by atoms with Crippen LogP contribution >= 0.6 is 0 Å². The van der Waals surface area contributed by atoms with E-state index in [2.05, 4.69) is 5.32 Å². The van der Waals surface area contributed by atoms with Crippen molar-refractivity contribution in [3.8, 4) is 5.75 Å². The molecule has 1 aromatic rings. The van der Waals surface area contributed by atoms with Crippen LogP contribution in [0.3, 0.4) is 0 Å². The molecular formula is C14H21NO5. The van der Waals surface area contributed by atoms with Crippen LogP contribution in [0.2, 0.25) is 0 Å². The highest BCUT2D eigenvalue weighted by molar-refractivity contribution is 5.91. The number of benzene rings is 1. The van der Waals surface area contributed by atoms with E-state index in [1.807, 2.05) is 0 Å². The Labute approximate surface area is 118 Å². The number of hydrogen-bond acceptors (Lipinski definition) is 6. The Hall–Kier alpha value is -1.79. The Morgan fingerprint density at radius 1 is 1.40 bits per heavy atom. The average Bonchev–Trinajstić information content (AvgIpc) is 2.34. The summed E-state index contributed by atoms with van der Waals surface area (Å²) in [6, 6.07) is 4.32. The Balaban J connectivity index is 2.75. The van der Waals surface area contributed by atoms with E-state index in [0.717, 1.165) is 0 Å². The van der Waals surface area contributed by atoms with Crippen molar-refractivity contribution in [2.75, 3.05) is 18.5 Å². The molecule has 1 atom stereocenters. The van der Waals surface area contributed by atoms with Gasteiger partial charge in [-0.2, -0.15) is 0 Å². The van der Waals surface area contributed by atoms with Crippen LogP contribution in [-0.2, 0) is 4.74 Å². The number of aromatic hydroxyl groups is 1. The fourth-order valence-corrected chi connectivity index (χ4v) is 1.44. The summed E-state index contributed by atoms with van der Waals surface area (Å²) in [5, 5.41) is 30.5. The molecule has 0 spiro atoms. The molecule has 0 aliphatic heterocycles. The minimum absolute atomic E-state index is 0.0931. The highest BCUT2D eigenvalue weighted by atomic mass is 16.6. The second-order valence-corrected chi connectivity index (χ2v) is 5.45. The second-order valence-electron chi connectivity index (χ2n) is 5.45. The van der Waals surface area contributed by atoms with Crippen LogP contribution in [0.15, 0.2) is 18.2 Å². The highest BCUT2D eigenvalue weighted by Gasteiger charge is 2.18. The number of aliphatic hydroxyl groups excluding tert-OH is 2. The van der Waals surface area contributed by atoms with Crippen molar-refractivity contribution in [1.82, 2.24) is 0 Å². The molecule has 6 nitrogen and oxygen atoms in total. The largest absolute Gasteiger partial charge is 0.506 e. The number of ether oxygens (including phenoxy) is 1. The molecule has 1 rings (SSSR count). The van der Waals surface area contributed by atoms with E-state index < -0.39 is 17.7 Å². The molecule has 4 N–H and O–H groups in total. The quantitative estimate of drug-likeness (QED) is 0.477. The number of carbonyl (C=O) groups excluding carboxylic acids is 1. The average molecular weight is 283 g/mol. The maximum absolute atomic E-state index is 11.8. The molecule has 0 radical (unpaired) electrons. The molecule has 0 amide bonds. The molecule has 112 valence electrons. The number of anilines is 1. The fourth-order valence-electron chi connectivity index (χ4n) is 1.44. The molecule has 0 saturated carbocycles. The zero-order valence-electron chi connectivity index (χ0n) is 11.9. The smallest absolute Gasteiger partial charge is 0.338 e. The lowest BCUT2D eigenvalue weighted by Crippen LogP contribution is -2.24. The maximum Gasteiger partial charge on any atom is 0.338 e. The number of esters is 1. The first kappa shape index (κ1) is 16.3. The lowest BCUT2D eigenvalue weighted by molar-refractivity contribution is 0.00691. The molecule has 20 heavy (non-hydrogen) atoms. The van der Waals surface area contributed by atoms with E-state index in [0.29, 0.717) is 5.69 Å². The Morgan fingerprint density at radius 2 is 2.05 bits per heavy atom. The highest BCUT2D eigenvalue weighted by Crippen LogP contribution is 2.25. The van der Waals surface area contributed by atoms with Crippen molar-refractivity contribution in [2.45, 2.75) is 32.5 Å². The monoisotopic (exact) mass is 283 g/mol. The lowest BCUT2D eigenvalue weighted by atomic mass is 10.1. The summed E-state index contributed by atoms with van der Waals surface area (Å²) in [6.45, 7) is 5.00. The van der Waals surface area contributed by atoms with Gasteiger partial charge in [0.2, 0.25) is 0 Å². The predicted octanol–water partition coefficient (Wildman–Crippen LogP) is 1.11. The van der Waals surface area contributed by atoms with Crippen molar-refractivity contribution in [2.24, 2.45) is 0 Å². The first-order valence-electron chi connectivity index (χ1n) is 6.32. The number of hydrogen-bond donors (Lipinski definition) is 4. The first-order valence-corrected chi connectivity index (χ1v) is 6.32. The van der Waals surface area contributed by atoms with Crippen LogP contribution in [0, 0.1) is 0 Å². The van der Waals surface area contributed by atoms with Crippen molar-refractivity contribution >= 4 is 11.7 Å². The summed E-state index contributed by atoms with van der Waals surface area (Å²) in [5.41, 5.74) is 0.00461. The molecule has 0 aliphatic rings. The molecule has 0 heterocycles. The summed E-state index contributed by atoms with van der Waals surface area (Å²) in [5.74, 6) is -0.645. The van der Waals surface area contributed by atoms with Gasteiger partial charge in [0.05, 0.1) is 24.0 Å². The van der Waals surface area contributed by atoms with Gasteiger partial charge in [-0.1, -0.05) is 0 Å². The SMILES string of the molecule is CC(C)(C)OC(=O)c1ccc(NCC(O)CO)c(O)c1. The van der Waals surface area contributed by atoms with E-state index in [9.17, 15) is 15.0 Å². The summed E-state index contributed by atoms with van der Waals surface area (Å²) in [4.78, 5) is 11.8. The number of carbonyl (C=O) groups is 1. The van der Waals surface area contributed by atoms with Gasteiger partial charge in [-0.05, 0) is 39.0 Å². The lowest BCUT2D eigenvalue weighted by Gasteiger charge is -2.19. The van der Waals surface area contributed by atoms with Gasteiger partial charge in [-0.15, -0.1) is 0 Å². The van der Waals surface area contributed by atoms with Crippen LogP contribution in [0.5, 0.6) is 5.75 Å². The fraction of sp³-hybridized carbons (Fsp3) is 0.500. The van der Waals surface area contributed by atoms with E-state index >= 15 is 0 Å². The number of aliphatic hydroxyl groups is 2. The number of rotatable bonds is 5. The van der Waals surface area contributed by atoms with E-state index in [1.165, 1.54) is 18.2 Å². The van der Waals surface area contributed by atoms with Gasteiger partial charge in [-0.25, -0.2) is 4.79 Å². The van der Waals surface area contributed by atoms with Crippen molar-refractivity contribution in [1.29, 1.82) is 0 Å². The van der Waals surface area contributed by atoms with E-state index in [1.54, 1.807) is 20.8 Å². The van der Waals surface area contributed by atoms with Crippen LogP contribution in [0.4, 0.5) is 5.69 Å². The molecule has 0 fully saturated rings.